The molecule has 0 aromatic carbocycles. The number of rotatable bonds is 2. The number of aromatic nitrogens is 1. The van der Waals surface area contributed by atoms with Crippen molar-refractivity contribution >= 4 is 0 Å². The van der Waals surface area contributed by atoms with Crippen molar-refractivity contribution in [1.29, 1.82) is 0 Å². The van der Waals surface area contributed by atoms with Gasteiger partial charge in [-0.25, -0.2) is 4.98 Å². The highest BCUT2D eigenvalue weighted by atomic mass is 16.3. The molecule has 0 spiro atoms. The Kier molecular flexibility index (Phi) is 2.05. The lowest BCUT2D eigenvalue weighted by molar-refractivity contribution is 0.336. The van der Waals surface area contributed by atoms with Gasteiger partial charge < -0.3 is 0 Å². The first-order valence-electron chi connectivity index (χ1n) is 3.07. The van der Waals surface area contributed by atoms with Gasteiger partial charge in [0.25, 0.3) is 5.88 Å². The minimum Gasteiger partial charge on any atom is -0.267 e. The first kappa shape index (κ1) is 6.81. The van der Waals surface area contributed by atoms with Gasteiger partial charge in [0.1, 0.15) is 0 Å². The lowest BCUT2D eigenvalue weighted by Crippen LogP contribution is -1.84. The summed E-state index contributed by atoms with van der Waals surface area (Å²) in [6.07, 6.45) is 2.39. The zero-order chi connectivity index (χ0) is 7.40. The Bertz CT molecular complexity index is 232. The predicted octanol–water partition coefficient (Wildman–Crippen LogP) is 1.95. The molecule has 51 valence electrons. The van der Waals surface area contributed by atoms with Gasteiger partial charge in [-0.2, -0.15) is 0 Å². The van der Waals surface area contributed by atoms with E-state index in [-0.39, 0.29) is 5.88 Å². The van der Waals surface area contributed by atoms with Gasteiger partial charge in [-0.15, -0.1) is 6.58 Å². The molecule has 0 aliphatic rings. The maximum atomic E-state index is 10.6. The van der Waals surface area contributed by atoms with Crippen LogP contribution in [0.1, 0.15) is 5.69 Å². The maximum Gasteiger partial charge on any atom is 0.269 e. The van der Waals surface area contributed by atoms with E-state index in [1.807, 2.05) is 6.07 Å². The fraction of sp³-hybridized carbons (Fsp3) is 0.125. The van der Waals surface area contributed by atoms with Crippen LogP contribution in [0.15, 0.2) is 30.9 Å². The molecule has 1 aromatic rings. The molecular weight excluding hydrogens is 126 g/mol. The number of allylic oxidation sites excluding steroid dienone is 1. The lowest BCUT2D eigenvalue weighted by Gasteiger charge is -1.92. The van der Waals surface area contributed by atoms with Crippen LogP contribution in [0.5, 0.6) is 5.88 Å². The van der Waals surface area contributed by atoms with E-state index in [0.29, 0.717) is 6.42 Å². The van der Waals surface area contributed by atoms with Crippen LogP contribution in [0.2, 0.25) is 0 Å². The number of hydrogen-bond acceptors (Lipinski definition) is 1. The van der Waals surface area contributed by atoms with E-state index in [1.54, 1.807) is 12.1 Å². The van der Waals surface area contributed by atoms with Crippen LogP contribution in [0.25, 0.3) is 0 Å². The molecule has 0 saturated heterocycles. The normalized spacial score (nSPS) is 9.20. The third kappa shape index (κ3) is 1.58. The molecule has 0 saturated carbocycles. The summed E-state index contributed by atoms with van der Waals surface area (Å²) in [6.45, 7) is 3.54. The molecule has 0 aliphatic heterocycles. The van der Waals surface area contributed by atoms with Crippen LogP contribution in [0, 0.1) is 0 Å². The topological polar surface area (TPSA) is 32.8 Å². The van der Waals surface area contributed by atoms with Gasteiger partial charge in [0.15, 0.2) is 0 Å². The predicted molar refractivity (Wildman–Crippen MR) is 38.3 cm³/mol. The fourth-order valence-corrected chi connectivity index (χ4v) is 0.719. The zero-order valence-corrected chi connectivity index (χ0v) is 5.58. The van der Waals surface area contributed by atoms with Gasteiger partial charge in [0.05, 0.1) is 0 Å². The highest BCUT2D eigenvalue weighted by Gasteiger charge is 1.92. The highest BCUT2D eigenvalue weighted by molar-refractivity contribution is 5.15. The Labute approximate surface area is 59.9 Å². The van der Waals surface area contributed by atoms with Crippen molar-refractivity contribution in [2.75, 3.05) is 0 Å². The average molecular weight is 134 g/mol. The molecular formula is C8H8NO. The molecule has 2 nitrogen and oxygen atoms in total. The minimum atomic E-state index is -0.181. The Morgan fingerprint density at radius 3 is 3.00 bits per heavy atom. The molecule has 0 aliphatic carbocycles. The van der Waals surface area contributed by atoms with E-state index in [2.05, 4.69) is 11.6 Å². The molecule has 0 fully saturated rings. The van der Waals surface area contributed by atoms with Crippen LogP contribution in [0.3, 0.4) is 0 Å². The van der Waals surface area contributed by atoms with Crippen molar-refractivity contribution in [1.82, 2.24) is 4.98 Å². The SMILES string of the molecule is C=CCc1cccc([O])n1. The van der Waals surface area contributed by atoms with E-state index in [4.69, 9.17) is 0 Å². The molecule has 1 rings (SSSR count). The van der Waals surface area contributed by atoms with E-state index >= 15 is 0 Å². The Hall–Kier alpha value is -1.31. The first-order valence-corrected chi connectivity index (χ1v) is 3.07. The van der Waals surface area contributed by atoms with Crippen molar-refractivity contribution < 1.29 is 5.11 Å². The summed E-state index contributed by atoms with van der Waals surface area (Å²) < 4.78 is 0. The summed E-state index contributed by atoms with van der Waals surface area (Å²) in [5.41, 5.74) is 0.780. The minimum absolute atomic E-state index is 0.181. The largest absolute Gasteiger partial charge is 0.269 e. The van der Waals surface area contributed by atoms with Gasteiger partial charge in [-0.3, -0.25) is 5.11 Å². The molecule has 2 heteroatoms. The van der Waals surface area contributed by atoms with Gasteiger partial charge in [-0.1, -0.05) is 12.1 Å². The third-order valence-electron chi connectivity index (χ3n) is 1.13. The van der Waals surface area contributed by atoms with Gasteiger partial charge >= 0.3 is 0 Å². The number of hydrogen-bond donors (Lipinski definition) is 0. The van der Waals surface area contributed by atoms with Crippen LogP contribution < -0.4 is 0 Å². The summed E-state index contributed by atoms with van der Waals surface area (Å²) in [7, 11) is 0. The zero-order valence-electron chi connectivity index (χ0n) is 5.58. The molecule has 0 unspecified atom stereocenters. The van der Waals surface area contributed by atoms with Crippen LogP contribution in [-0.2, 0) is 11.5 Å². The Balaban J connectivity index is 2.84. The molecule has 0 atom stereocenters. The van der Waals surface area contributed by atoms with Crippen LogP contribution in [0.4, 0.5) is 0 Å². The van der Waals surface area contributed by atoms with Crippen molar-refractivity contribution in [3.05, 3.63) is 36.5 Å². The van der Waals surface area contributed by atoms with Crippen molar-refractivity contribution in [2.24, 2.45) is 0 Å². The number of pyridine rings is 1. The van der Waals surface area contributed by atoms with Crippen LogP contribution >= 0.6 is 0 Å². The first-order chi connectivity index (χ1) is 4.83. The fourth-order valence-electron chi connectivity index (χ4n) is 0.719. The Morgan fingerprint density at radius 2 is 2.40 bits per heavy atom. The second-order valence-electron chi connectivity index (χ2n) is 1.96. The molecule has 0 amide bonds. The molecule has 1 radical (unpaired) electrons. The van der Waals surface area contributed by atoms with Crippen molar-refractivity contribution in [2.45, 2.75) is 6.42 Å². The van der Waals surface area contributed by atoms with Crippen LogP contribution in [-0.4, -0.2) is 4.98 Å². The quantitative estimate of drug-likeness (QED) is 0.569. The molecule has 1 heterocycles. The van der Waals surface area contributed by atoms with E-state index < -0.39 is 0 Å². The summed E-state index contributed by atoms with van der Waals surface area (Å²) in [4.78, 5) is 3.74. The summed E-state index contributed by atoms with van der Waals surface area (Å²) >= 11 is 0. The standard InChI is InChI=1S/C8H8NO/c1-2-4-7-5-3-6-8(10)9-7/h2-3,5-6H,1,4H2. The van der Waals surface area contributed by atoms with Crippen molar-refractivity contribution in [3.63, 3.8) is 0 Å². The number of nitrogens with zero attached hydrogens (tertiary/aromatic N) is 1. The van der Waals surface area contributed by atoms with Gasteiger partial charge in [-0.05, 0) is 6.07 Å². The van der Waals surface area contributed by atoms with Gasteiger partial charge in [0, 0.05) is 18.2 Å². The van der Waals surface area contributed by atoms with Gasteiger partial charge in [0.2, 0.25) is 0 Å². The summed E-state index contributed by atoms with van der Waals surface area (Å²) in [5.74, 6) is -0.181. The molecule has 0 N–H and O–H groups in total. The second-order valence-corrected chi connectivity index (χ2v) is 1.96. The smallest absolute Gasteiger partial charge is 0.267 e. The maximum absolute atomic E-state index is 10.6. The average Bonchev–Trinajstić information content (AvgIpc) is 1.88. The highest BCUT2D eigenvalue weighted by Crippen LogP contribution is 2.05. The van der Waals surface area contributed by atoms with E-state index in [0.717, 1.165) is 5.69 Å². The summed E-state index contributed by atoms with van der Waals surface area (Å²) in [6, 6.07) is 4.95. The third-order valence-corrected chi connectivity index (χ3v) is 1.13. The van der Waals surface area contributed by atoms with Crippen molar-refractivity contribution in [3.8, 4) is 5.88 Å². The summed E-state index contributed by atoms with van der Waals surface area (Å²) in [5, 5.41) is 10.6. The molecule has 1 aromatic heterocycles. The van der Waals surface area contributed by atoms with E-state index in [1.165, 1.54) is 6.07 Å². The second kappa shape index (κ2) is 3.01. The van der Waals surface area contributed by atoms with E-state index in [9.17, 15) is 5.11 Å². The molecule has 10 heavy (non-hydrogen) atoms. The monoisotopic (exact) mass is 134 g/mol. The molecule has 0 bridgehead atoms. The Morgan fingerprint density at radius 1 is 1.60 bits per heavy atom. The lowest BCUT2D eigenvalue weighted by atomic mass is 10.3.